The van der Waals surface area contributed by atoms with E-state index >= 15 is 0 Å². The molecule has 0 saturated heterocycles. The highest BCUT2D eigenvalue weighted by Gasteiger charge is 2.25. The van der Waals surface area contributed by atoms with Gasteiger partial charge < -0.3 is 14.4 Å². The molecule has 194 valence electrons. The minimum absolute atomic E-state index is 0.126. The molecule has 0 fully saturated rings. The molecular formula is C30H30N4O4. The van der Waals surface area contributed by atoms with Gasteiger partial charge in [-0.25, -0.2) is 4.98 Å². The normalized spacial score (nSPS) is 12.0. The van der Waals surface area contributed by atoms with Crippen LogP contribution >= 0.6 is 0 Å². The minimum atomic E-state index is -0.345. The summed E-state index contributed by atoms with van der Waals surface area (Å²) in [6.07, 6.45) is 1.91. The fourth-order valence-electron chi connectivity index (χ4n) is 4.24. The van der Waals surface area contributed by atoms with E-state index in [9.17, 15) is 9.59 Å². The van der Waals surface area contributed by atoms with Crippen molar-refractivity contribution in [3.63, 3.8) is 0 Å². The molecule has 8 heteroatoms. The zero-order valence-electron chi connectivity index (χ0n) is 21.9. The van der Waals surface area contributed by atoms with Crippen LogP contribution in [0.15, 0.2) is 72.9 Å². The molecule has 8 nitrogen and oxygen atoms in total. The average Bonchev–Trinajstić information content (AvgIpc) is 3.54. The summed E-state index contributed by atoms with van der Waals surface area (Å²) in [7, 11) is 0. The first kappa shape index (κ1) is 25.1. The first-order valence-electron chi connectivity index (χ1n) is 12.5. The second kappa shape index (κ2) is 10.4. The Kier molecular flexibility index (Phi) is 6.87. The van der Waals surface area contributed by atoms with Gasteiger partial charge in [-0.15, -0.1) is 0 Å². The van der Waals surface area contributed by atoms with Crippen molar-refractivity contribution < 1.29 is 19.1 Å². The zero-order chi connectivity index (χ0) is 26.8. The summed E-state index contributed by atoms with van der Waals surface area (Å²) in [6.45, 7) is 7.80. The lowest BCUT2D eigenvalue weighted by Crippen LogP contribution is -2.42. The van der Waals surface area contributed by atoms with Crippen LogP contribution in [-0.2, 0) is 4.79 Å². The first-order valence-corrected chi connectivity index (χ1v) is 12.5. The van der Waals surface area contributed by atoms with Crippen LogP contribution in [0.3, 0.4) is 0 Å². The number of carbonyl (C=O) groups excluding carboxylic acids is 2. The van der Waals surface area contributed by atoms with Gasteiger partial charge >= 0.3 is 0 Å². The molecule has 2 amide bonds. The summed E-state index contributed by atoms with van der Waals surface area (Å²) < 4.78 is 12.6. The average molecular weight is 511 g/mol. The molecule has 1 aromatic heterocycles. The maximum absolute atomic E-state index is 13.3. The van der Waals surface area contributed by atoms with E-state index in [1.54, 1.807) is 18.2 Å². The number of fused-ring (bicyclic) bond motifs is 1. The molecule has 2 heterocycles. The van der Waals surface area contributed by atoms with Gasteiger partial charge in [0.15, 0.2) is 11.5 Å². The smallest absolute Gasteiger partial charge is 0.254 e. The number of nitrogens with zero attached hydrogens (tertiary/aromatic N) is 3. The summed E-state index contributed by atoms with van der Waals surface area (Å²) in [6, 6.07) is 20.9. The number of hydrogen-bond acceptors (Lipinski definition) is 5. The molecule has 0 radical (unpaired) electrons. The standard InChI is InChI=1S/C30H30N4O4/c1-19(2)33(29(36)23-11-14-26-27(15-23)38-18-37-26)17-28(35)32-30-31-25(22-9-5-20(3)6-10-22)16-34(30)24-12-7-21(4)8-13-24/h5-16,19H,17-18H2,1-4H3,(H,31,32,35). The number of aryl methyl sites for hydroxylation is 2. The van der Waals surface area contributed by atoms with E-state index < -0.39 is 0 Å². The van der Waals surface area contributed by atoms with Gasteiger partial charge in [0.05, 0.1) is 5.69 Å². The van der Waals surface area contributed by atoms with Crippen LogP contribution in [0.25, 0.3) is 16.9 Å². The van der Waals surface area contributed by atoms with Gasteiger partial charge in [-0.1, -0.05) is 47.5 Å². The van der Waals surface area contributed by atoms with Crippen molar-refractivity contribution in [1.29, 1.82) is 0 Å². The Labute approximate surface area is 221 Å². The molecule has 0 aliphatic carbocycles. The van der Waals surface area contributed by atoms with Crippen molar-refractivity contribution in [2.45, 2.75) is 33.7 Å². The van der Waals surface area contributed by atoms with Crippen LogP contribution in [0, 0.1) is 13.8 Å². The van der Waals surface area contributed by atoms with Crippen LogP contribution in [0.2, 0.25) is 0 Å². The predicted octanol–water partition coefficient (Wildman–Crippen LogP) is 5.37. The Morgan fingerprint density at radius 3 is 2.29 bits per heavy atom. The van der Waals surface area contributed by atoms with Gasteiger partial charge in [-0.2, -0.15) is 0 Å². The number of nitrogens with one attached hydrogen (secondary N) is 1. The van der Waals surface area contributed by atoms with Gasteiger partial charge in [0.1, 0.15) is 6.54 Å². The van der Waals surface area contributed by atoms with Crippen molar-refractivity contribution in [3.8, 4) is 28.4 Å². The maximum Gasteiger partial charge on any atom is 0.254 e. The number of anilines is 1. The van der Waals surface area contributed by atoms with Gasteiger partial charge in [0, 0.05) is 29.1 Å². The van der Waals surface area contributed by atoms with E-state index in [1.807, 2.05) is 87.0 Å². The first-order chi connectivity index (χ1) is 18.3. The Balaban J connectivity index is 1.40. The molecule has 3 aromatic carbocycles. The summed E-state index contributed by atoms with van der Waals surface area (Å²) in [5.74, 6) is 0.891. The quantitative estimate of drug-likeness (QED) is 0.361. The van der Waals surface area contributed by atoms with Crippen molar-refractivity contribution >= 4 is 17.8 Å². The van der Waals surface area contributed by atoms with Crippen molar-refractivity contribution in [1.82, 2.24) is 14.5 Å². The van der Waals surface area contributed by atoms with Crippen molar-refractivity contribution in [3.05, 3.63) is 89.6 Å². The molecule has 0 atom stereocenters. The molecule has 0 unspecified atom stereocenters. The third-order valence-electron chi connectivity index (χ3n) is 6.43. The van der Waals surface area contributed by atoms with E-state index in [0.29, 0.717) is 23.0 Å². The number of ether oxygens (including phenoxy) is 2. The highest BCUT2D eigenvalue weighted by atomic mass is 16.7. The summed E-state index contributed by atoms with van der Waals surface area (Å²) in [5, 5.41) is 2.93. The maximum atomic E-state index is 13.3. The fraction of sp³-hybridized carbons (Fsp3) is 0.233. The number of rotatable bonds is 7. The molecular weight excluding hydrogens is 480 g/mol. The Bertz CT molecular complexity index is 1470. The second-order valence-electron chi connectivity index (χ2n) is 9.66. The van der Waals surface area contributed by atoms with Crippen LogP contribution in [0.4, 0.5) is 5.95 Å². The van der Waals surface area contributed by atoms with E-state index in [2.05, 4.69) is 5.32 Å². The molecule has 1 aliphatic rings. The highest BCUT2D eigenvalue weighted by molar-refractivity contribution is 5.99. The largest absolute Gasteiger partial charge is 0.454 e. The van der Waals surface area contributed by atoms with Crippen molar-refractivity contribution in [2.75, 3.05) is 18.7 Å². The highest BCUT2D eigenvalue weighted by Crippen LogP contribution is 2.33. The Morgan fingerprint density at radius 2 is 1.61 bits per heavy atom. The molecule has 0 saturated carbocycles. The summed E-state index contributed by atoms with van der Waals surface area (Å²) in [4.78, 5) is 32.9. The monoisotopic (exact) mass is 510 g/mol. The van der Waals surface area contributed by atoms with Crippen LogP contribution in [0.1, 0.15) is 35.3 Å². The van der Waals surface area contributed by atoms with E-state index in [0.717, 1.165) is 28.1 Å². The van der Waals surface area contributed by atoms with E-state index in [4.69, 9.17) is 14.5 Å². The van der Waals surface area contributed by atoms with Gasteiger partial charge in [0.25, 0.3) is 5.91 Å². The lowest BCUT2D eigenvalue weighted by molar-refractivity contribution is -0.117. The van der Waals surface area contributed by atoms with Crippen LogP contribution in [0.5, 0.6) is 11.5 Å². The van der Waals surface area contributed by atoms with Gasteiger partial charge in [-0.3, -0.25) is 19.5 Å². The number of amides is 2. The Morgan fingerprint density at radius 1 is 0.947 bits per heavy atom. The van der Waals surface area contributed by atoms with Crippen LogP contribution < -0.4 is 14.8 Å². The van der Waals surface area contributed by atoms with Gasteiger partial charge in [0.2, 0.25) is 18.6 Å². The molecule has 4 aromatic rings. The SMILES string of the molecule is Cc1ccc(-c2cn(-c3ccc(C)cc3)c(NC(=O)CN(C(=O)c3ccc4c(c3)OCO4)C(C)C)n2)cc1. The molecule has 0 spiro atoms. The lowest BCUT2D eigenvalue weighted by Gasteiger charge is -2.26. The Hall–Kier alpha value is -4.59. The van der Waals surface area contributed by atoms with Crippen molar-refractivity contribution in [2.24, 2.45) is 0 Å². The number of carbonyl (C=O) groups is 2. The molecule has 1 aliphatic heterocycles. The third kappa shape index (κ3) is 5.25. The number of hydrogen-bond donors (Lipinski definition) is 1. The third-order valence-corrected chi connectivity index (χ3v) is 6.43. The fourth-order valence-corrected chi connectivity index (χ4v) is 4.24. The predicted molar refractivity (Wildman–Crippen MR) is 146 cm³/mol. The van der Waals surface area contributed by atoms with E-state index in [1.165, 1.54) is 4.90 Å². The summed E-state index contributed by atoms with van der Waals surface area (Å²) in [5.41, 5.74) is 5.26. The lowest BCUT2D eigenvalue weighted by atomic mass is 10.1. The second-order valence-corrected chi connectivity index (χ2v) is 9.66. The number of aromatic nitrogens is 2. The van der Waals surface area contributed by atoms with Crippen LogP contribution in [-0.4, -0.2) is 45.6 Å². The zero-order valence-corrected chi connectivity index (χ0v) is 21.9. The molecule has 0 bridgehead atoms. The van der Waals surface area contributed by atoms with Gasteiger partial charge in [-0.05, 0) is 58.0 Å². The number of benzene rings is 3. The minimum Gasteiger partial charge on any atom is -0.454 e. The summed E-state index contributed by atoms with van der Waals surface area (Å²) >= 11 is 0. The molecule has 38 heavy (non-hydrogen) atoms. The van der Waals surface area contributed by atoms with E-state index in [-0.39, 0.29) is 31.2 Å². The molecule has 1 N–H and O–H groups in total. The molecule has 5 rings (SSSR count). The number of imidazole rings is 1. The topological polar surface area (TPSA) is 85.7 Å².